The van der Waals surface area contributed by atoms with Crippen LogP contribution in [0.15, 0.2) is 22.1 Å². The number of nitrogens with one attached hydrogen (secondary N) is 1. The van der Waals surface area contributed by atoms with Gasteiger partial charge < -0.3 is 15.5 Å². The van der Waals surface area contributed by atoms with Crippen molar-refractivity contribution in [2.24, 2.45) is 5.73 Å². The Labute approximate surface area is 140 Å². The number of aryl methyl sites for hydroxylation is 1. The fourth-order valence-electron chi connectivity index (χ4n) is 1.72. The molecule has 21 heavy (non-hydrogen) atoms. The maximum Gasteiger partial charge on any atom is 0.255 e. The van der Waals surface area contributed by atoms with Crippen molar-refractivity contribution in [3.05, 3.63) is 39.7 Å². The monoisotopic (exact) mass is 351 g/mol. The lowest BCUT2D eigenvalue weighted by molar-refractivity contribution is 0.0935. The van der Waals surface area contributed by atoms with E-state index in [4.69, 9.17) is 10.2 Å². The fraction of sp³-hybridized carbons (Fsp3) is 0.385. The highest BCUT2D eigenvalue weighted by molar-refractivity contribution is 7.09. The zero-order valence-corrected chi connectivity index (χ0v) is 14.2. The van der Waals surface area contributed by atoms with Gasteiger partial charge in [-0.2, -0.15) is 0 Å². The molecule has 0 fully saturated rings. The molecule has 0 aliphatic carbocycles. The van der Waals surface area contributed by atoms with Crippen LogP contribution in [0, 0.1) is 6.92 Å². The van der Waals surface area contributed by atoms with Gasteiger partial charge in [-0.25, -0.2) is 4.98 Å². The molecule has 118 valence electrons. The zero-order valence-electron chi connectivity index (χ0n) is 11.8. The molecule has 1 atom stereocenters. The van der Waals surface area contributed by atoms with E-state index in [-0.39, 0.29) is 43.3 Å². The second-order valence-electron chi connectivity index (χ2n) is 4.27. The number of hydrogen-bond acceptors (Lipinski definition) is 5. The molecule has 2 aromatic rings. The van der Waals surface area contributed by atoms with Crippen LogP contribution in [0.25, 0.3) is 0 Å². The second-order valence-corrected chi connectivity index (χ2v) is 5.16. The van der Waals surface area contributed by atoms with Crippen LogP contribution in [0.4, 0.5) is 0 Å². The largest absolute Gasteiger partial charge is 0.467 e. The van der Waals surface area contributed by atoms with E-state index in [1.165, 1.54) is 6.26 Å². The molecule has 3 N–H and O–H groups in total. The predicted molar refractivity (Wildman–Crippen MR) is 88.4 cm³/mol. The van der Waals surface area contributed by atoms with Gasteiger partial charge in [0.2, 0.25) is 0 Å². The summed E-state index contributed by atoms with van der Waals surface area (Å²) in [5.41, 5.74) is 6.92. The molecule has 0 aliphatic rings. The maximum absolute atomic E-state index is 12.1. The molecule has 1 amide bonds. The Kier molecular flexibility index (Phi) is 8.58. The molecule has 2 rings (SSSR count). The van der Waals surface area contributed by atoms with E-state index in [1.54, 1.807) is 17.4 Å². The first kappa shape index (κ1) is 19.9. The van der Waals surface area contributed by atoms with E-state index in [1.807, 2.05) is 19.2 Å². The molecule has 0 radical (unpaired) electrons. The number of carbonyl (C=O) groups excluding carboxylic acids is 1. The standard InChI is InChI=1S/C13H17N3O2S.2ClH/c1-3-11(13-15-8(2)7-19-13)16-12(17)9-4-10(5-14)18-6-9;;/h4,6-7,11H,3,5,14H2,1-2H3,(H,16,17);2*1H. The lowest BCUT2D eigenvalue weighted by atomic mass is 10.2. The summed E-state index contributed by atoms with van der Waals surface area (Å²) in [6.07, 6.45) is 2.22. The van der Waals surface area contributed by atoms with E-state index >= 15 is 0 Å². The third-order valence-corrected chi connectivity index (χ3v) is 3.84. The molecule has 0 bridgehead atoms. The third-order valence-electron chi connectivity index (χ3n) is 2.77. The number of hydrogen-bond donors (Lipinski definition) is 2. The van der Waals surface area contributed by atoms with Gasteiger partial charge in [0, 0.05) is 11.1 Å². The van der Waals surface area contributed by atoms with Gasteiger partial charge in [0.05, 0.1) is 18.2 Å². The molecule has 2 heterocycles. The minimum Gasteiger partial charge on any atom is -0.467 e. The average molecular weight is 352 g/mol. The molecule has 5 nitrogen and oxygen atoms in total. The number of aromatic nitrogens is 1. The molecule has 0 aromatic carbocycles. The number of rotatable bonds is 5. The van der Waals surface area contributed by atoms with Crippen molar-refractivity contribution < 1.29 is 9.21 Å². The van der Waals surface area contributed by atoms with E-state index in [9.17, 15) is 4.79 Å². The number of nitrogens with two attached hydrogens (primary N) is 1. The average Bonchev–Trinajstić information content (AvgIpc) is 3.04. The lowest BCUT2D eigenvalue weighted by Crippen LogP contribution is -2.27. The van der Waals surface area contributed by atoms with Crippen LogP contribution in [-0.2, 0) is 6.54 Å². The lowest BCUT2D eigenvalue weighted by Gasteiger charge is -2.13. The Morgan fingerprint density at radius 1 is 1.52 bits per heavy atom. The van der Waals surface area contributed by atoms with Gasteiger partial charge >= 0.3 is 0 Å². The van der Waals surface area contributed by atoms with Crippen molar-refractivity contribution in [2.75, 3.05) is 0 Å². The molecule has 8 heteroatoms. The first-order chi connectivity index (χ1) is 9.13. The molecular formula is C13H19Cl2N3O2S. The SMILES string of the molecule is CCC(NC(=O)c1coc(CN)c1)c1nc(C)cs1.Cl.Cl. The van der Waals surface area contributed by atoms with Crippen LogP contribution in [0.5, 0.6) is 0 Å². The van der Waals surface area contributed by atoms with E-state index < -0.39 is 0 Å². The summed E-state index contributed by atoms with van der Waals surface area (Å²) in [6.45, 7) is 4.25. The van der Waals surface area contributed by atoms with Gasteiger partial charge in [0.1, 0.15) is 17.0 Å². The van der Waals surface area contributed by atoms with Crippen LogP contribution in [0.2, 0.25) is 0 Å². The third kappa shape index (κ3) is 5.00. The van der Waals surface area contributed by atoms with E-state index in [0.717, 1.165) is 17.1 Å². The van der Waals surface area contributed by atoms with Gasteiger partial charge in [0.25, 0.3) is 5.91 Å². The molecule has 0 aliphatic heterocycles. The summed E-state index contributed by atoms with van der Waals surface area (Å²) < 4.78 is 5.16. The smallest absolute Gasteiger partial charge is 0.255 e. The topological polar surface area (TPSA) is 81.2 Å². The highest BCUT2D eigenvalue weighted by Gasteiger charge is 2.18. The van der Waals surface area contributed by atoms with Crippen molar-refractivity contribution in [3.63, 3.8) is 0 Å². The number of halogens is 2. The first-order valence-electron chi connectivity index (χ1n) is 6.14. The maximum atomic E-state index is 12.1. The van der Waals surface area contributed by atoms with Crippen molar-refractivity contribution in [3.8, 4) is 0 Å². The summed E-state index contributed by atoms with van der Waals surface area (Å²) in [5, 5.41) is 5.87. The molecular weight excluding hydrogens is 333 g/mol. The first-order valence-corrected chi connectivity index (χ1v) is 7.02. The van der Waals surface area contributed by atoms with Crippen LogP contribution in [0.3, 0.4) is 0 Å². The Bertz CT molecular complexity index is 571. The summed E-state index contributed by atoms with van der Waals surface area (Å²) in [7, 11) is 0. The number of furan rings is 1. The van der Waals surface area contributed by atoms with Gasteiger partial charge in [-0.1, -0.05) is 6.92 Å². The summed E-state index contributed by atoms with van der Waals surface area (Å²) in [6, 6.07) is 1.59. The van der Waals surface area contributed by atoms with Crippen LogP contribution >= 0.6 is 36.2 Å². The number of thiazole rings is 1. The molecule has 0 spiro atoms. The highest BCUT2D eigenvalue weighted by atomic mass is 35.5. The number of amides is 1. The predicted octanol–water partition coefficient (Wildman–Crippen LogP) is 3.23. The minimum atomic E-state index is -0.164. The minimum absolute atomic E-state index is 0. The quantitative estimate of drug-likeness (QED) is 0.866. The Morgan fingerprint density at radius 2 is 2.24 bits per heavy atom. The number of nitrogens with zero attached hydrogens (tertiary/aromatic N) is 1. The second kappa shape index (κ2) is 9.04. The van der Waals surface area contributed by atoms with Crippen molar-refractivity contribution in [1.82, 2.24) is 10.3 Å². The summed E-state index contributed by atoms with van der Waals surface area (Å²) >= 11 is 1.56. The molecule has 0 saturated heterocycles. The fourth-order valence-corrected chi connectivity index (χ4v) is 2.65. The summed E-state index contributed by atoms with van der Waals surface area (Å²) in [4.78, 5) is 16.5. The number of carbonyl (C=O) groups is 1. The van der Waals surface area contributed by atoms with Crippen LogP contribution in [-0.4, -0.2) is 10.9 Å². The molecule has 0 saturated carbocycles. The molecule has 1 unspecified atom stereocenters. The van der Waals surface area contributed by atoms with Crippen molar-refractivity contribution >= 4 is 42.1 Å². The van der Waals surface area contributed by atoms with Gasteiger partial charge in [0.15, 0.2) is 0 Å². The Balaban J connectivity index is 0.00000200. The van der Waals surface area contributed by atoms with Gasteiger partial charge in [-0.3, -0.25) is 4.79 Å². The Morgan fingerprint density at radius 3 is 2.71 bits per heavy atom. The highest BCUT2D eigenvalue weighted by Crippen LogP contribution is 2.21. The van der Waals surface area contributed by atoms with Gasteiger partial charge in [-0.15, -0.1) is 36.2 Å². The van der Waals surface area contributed by atoms with Crippen LogP contribution in [0.1, 0.15) is 46.2 Å². The van der Waals surface area contributed by atoms with E-state index in [0.29, 0.717) is 11.3 Å². The van der Waals surface area contributed by atoms with Crippen molar-refractivity contribution in [1.29, 1.82) is 0 Å². The normalized spacial score (nSPS) is 11.2. The molecule has 2 aromatic heterocycles. The van der Waals surface area contributed by atoms with Crippen molar-refractivity contribution in [2.45, 2.75) is 32.9 Å². The van der Waals surface area contributed by atoms with Crippen LogP contribution < -0.4 is 11.1 Å². The Hall–Kier alpha value is -1.08. The summed E-state index contributed by atoms with van der Waals surface area (Å²) in [5.74, 6) is 0.437. The zero-order chi connectivity index (χ0) is 13.8. The van der Waals surface area contributed by atoms with E-state index in [2.05, 4.69) is 10.3 Å². The van der Waals surface area contributed by atoms with Gasteiger partial charge in [-0.05, 0) is 19.4 Å².